The van der Waals surface area contributed by atoms with Crippen LogP contribution in [-0.4, -0.2) is 54.1 Å². The van der Waals surface area contributed by atoms with Gasteiger partial charge in [0.1, 0.15) is 0 Å². The molecule has 0 aromatic rings. The molecule has 3 saturated heterocycles. The van der Waals surface area contributed by atoms with E-state index in [1.54, 1.807) is 0 Å². The minimum absolute atomic E-state index is 0.343. The van der Waals surface area contributed by atoms with E-state index in [1.165, 1.54) is 64.7 Å². The molecule has 0 aliphatic carbocycles. The van der Waals surface area contributed by atoms with Gasteiger partial charge < -0.3 is 10.6 Å². The average molecular weight is 251 g/mol. The molecule has 0 aromatic carbocycles. The average Bonchev–Trinajstić information content (AvgIpc) is 3.06. The lowest BCUT2D eigenvalue weighted by atomic mass is 9.81. The van der Waals surface area contributed by atoms with E-state index < -0.39 is 0 Å². The van der Waals surface area contributed by atoms with Gasteiger partial charge in [0, 0.05) is 31.2 Å². The smallest absolute Gasteiger partial charge is 0.0358 e. The van der Waals surface area contributed by atoms with Crippen LogP contribution < -0.4 is 5.73 Å². The Bertz CT molecular complexity index is 293. The lowest BCUT2D eigenvalue weighted by Crippen LogP contribution is -2.60. The maximum atomic E-state index is 6.23. The molecule has 0 radical (unpaired) electrons. The van der Waals surface area contributed by atoms with Crippen molar-refractivity contribution in [3.05, 3.63) is 0 Å². The zero-order chi connectivity index (χ0) is 12.6. The fourth-order valence-electron chi connectivity index (χ4n) is 4.51. The van der Waals surface area contributed by atoms with Crippen molar-refractivity contribution < 1.29 is 0 Å². The molecule has 3 atom stereocenters. The summed E-state index contributed by atoms with van der Waals surface area (Å²) in [5.74, 6) is 0.926. The van der Waals surface area contributed by atoms with E-state index >= 15 is 0 Å². The van der Waals surface area contributed by atoms with Gasteiger partial charge in [-0.25, -0.2) is 0 Å². The Balaban J connectivity index is 1.70. The molecule has 3 aliphatic heterocycles. The molecule has 3 rings (SSSR count). The summed E-state index contributed by atoms with van der Waals surface area (Å²) in [5, 5.41) is 0. The standard InChI is InChI=1S/C15H29N3/c1-2-13-5-8-18(11-13)15(12-16)6-9-17-7-3-4-14(17)10-15/h13-14H,2-12,16H2,1H3. The molecule has 3 fully saturated rings. The summed E-state index contributed by atoms with van der Waals surface area (Å²) in [6.07, 6.45) is 8.19. The third-order valence-corrected chi connectivity index (χ3v) is 5.89. The van der Waals surface area contributed by atoms with Crippen molar-refractivity contribution >= 4 is 0 Å². The Morgan fingerprint density at radius 2 is 2.11 bits per heavy atom. The summed E-state index contributed by atoms with van der Waals surface area (Å²) in [7, 11) is 0. The highest BCUT2D eigenvalue weighted by Gasteiger charge is 2.45. The van der Waals surface area contributed by atoms with Crippen molar-refractivity contribution in [3.63, 3.8) is 0 Å². The third-order valence-electron chi connectivity index (χ3n) is 5.89. The SMILES string of the molecule is CCC1CCN(C2(CN)CCN3CCCC3C2)C1. The van der Waals surface area contributed by atoms with E-state index in [-0.39, 0.29) is 0 Å². The second kappa shape index (κ2) is 5.10. The second-order valence-electron chi connectivity index (χ2n) is 6.72. The summed E-state index contributed by atoms with van der Waals surface area (Å²) in [6, 6.07) is 0.836. The molecular weight excluding hydrogens is 222 g/mol. The molecule has 3 heteroatoms. The van der Waals surface area contributed by atoms with E-state index in [0.717, 1.165) is 18.5 Å². The number of hydrogen-bond donors (Lipinski definition) is 1. The molecule has 3 nitrogen and oxygen atoms in total. The molecule has 2 N–H and O–H groups in total. The first-order chi connectivity index (χ1) is 8.77. The van der Waals surface area contributed by atoms with Gasteiger partial charge in [0.25, 0.3) is 0 Å². The number of nitrogens with zero attached hydrogens (tertiary/aromatic N) is 2. The van der Waals surface area contributed by atoms with Crippen LogP contribution in [0.3, 0.4) is 0 Å². The number of likely N-dealkylation sites (tertiary alicyclic amines) is 1. The molecule has 0 aromatic heterocycles. The van der Waals surface area contributed by atoms with E-state index in [9.17, 15) is 0 Å². The van der Waals surface area contributed by atoms with Gasteiger partial charge in [-0.1, -0.05) is 13.3 Å². The fourth-order valence-corrected chi connectivity index (χ4v) is 4.51. The number of rotatable bonds is 3. The highest BCUT2D eigenvalue weighted by atomic mass is 15.3. The number of nitrogens with two attached hydrogens (primary N) is 1. The molecule has 0 amide bonds. The minimum Gasteiger partial charge on any atom is -0.329 e. The summed E-state index contributed by atoms with van der Waals surface area (Å²) in [6.45, 7) is 8.43. The fraction of sp³-hybridized carbons (Fsp3) is 1.00. The van der Waals surface area contributed by atoms with Gasteiger partial charge >= 0.3 is 0 Å². The molecule has 0 spiro atoms. The summed E-state index contributed by atoms with van der Waals surface area (Å²) in [5.41, 5.74) is 6.57. The van der Waals surface area contributed by atoms with Crippen molar-refractivity contribution in [1.29, 1.82) is 0 Å². The second-order valence-corrected chi connectivity index (χ2v) is 6.72. The van der Waals surface area contributed by atoms with Crippen molar-refractivity contribution in [2.24, 2.45) is 11.7 Å². The van der Waals surface area contributed by atoms with Crippen molar-refractivity contribution in [1.82, 2.24) is 9.80 Å². The normalized spacial score (nSPS) is 42.3. The Hall–Kier alpha value is -0.120. The van der Waals surface area contributed by atoms with E-state index in [1.807, 2.05) is 0 Å². The first-order valence-corrected chi connectivity index (χ1v) is 7.96. The van der Waals surface area contributed by atoms with Gasteiger partial charge in [-0.2, -0.15) is 0 Å². The highest BCUT2D eigenvalue weighted by molar-refractivity contribution is 5.03. The van der Waals surface area contributed by atoms with E-state index in [0.29, 0.717) is 5.54 Å². The Morgan fingerprint density at radius 1 is 1.22 bits per heavy atom. The molecule has 0 saturated carbocycles. The summed E-state index contributed by atoms with van der Waals surface area (Å²) >= 11 is 0. The van der Waals surface area contributed by atoms with Gasteiger partial charge in [0.05, 0.1) is 0 Å². The number of piperidine rings is 1. The first kappa shape index (κ1) is 12.9. The van der Waals surface area contributed by atoms with Crippen molar-refractivity contribution in [2.45, 2.75) is 57.0 Å². The van der Waals surface area contributed by atoms with Crippen LogP contribution in [0.15, 0.2) is 0 Å². The van der Waals surface area contributed by atoms with E-state index in [2.05, 4.69) is 16.7 Å². The van der Waals surface area contributed by atoms with Crippen molar-refractivity contribution in [2.75, 3.05) is 32.7 Å². The quantitative estimate of drug-likeness (QED) is 0.828. The van der Waals surface area contributed by atoms with Gasteiger partial charge in [0.15, 0.2) is 0 Å². The maximum absolute atomic E-state index is 6.23. The Morgan fingerprint density at radius 3 is 2.83 bits per heavy atom. The molecule has 0 bridgehead atoms. The summed E-state index contributed by atoms with van der Waals surface area (Å²) < 4.78 is 0. The van der Waals surface area contributed by atoms with Crippen LogP contribution >= 0.6 is 0 Å². The number of hydrogen-bond acceptors (Lipinski definition) is 3. The van der Waals surface area contributed by atoms with Crippen LogP contribution in [0.1, 0.15) is 45.4 Å². The lowest BCUT2D eigenvalue weighted by Gasteiger charge is -2.49. The molecule has 3 unspecified atom stereocenters. The minimum atomic E-state index is 0.343. The predicted octanol–water partition coefficient (Wildman–Crippen LogP) is 1.67. The largest absolute Gasteiger partial charge is 0.329 e. The number of fused-ring (bicyclic) bond motifs is 1. The third kappa shape index (κ3) is 2.10. The lowest BCUT2D eigenvalue weighted by molar-refractivity contribution is 0.0229. The molecule has 3 aliphatic rings. The van der Waals surface area contributed by atoms with Crippen LogP contribution in [-0.2, 0) is 0 Å². The Labute approximate surface area is 112 Å². The van der Waals surface area contributed by atoms with E-state index in [4.69, 9.17) is 5.73 Å². The van der Waals surface area contributed by atoms with Crippen LogP contribution in [0.25, 0.3) is 0 Å². The zero-order valence-corrected chi connectivity index (χ0v) is 11.9. The monoisotopic (exact) mass is 251 g/mol. The van der Waals surface area contributed by atoms with Crippen LogP contribution in [0.4, 0.5) is 0 Å². The molecular formula is C15H29N3. The topological polar surface area (TPSA) is 32.5 Å². The van der Waals surface area contributed by atoms with Crippen LogP contribution in [0, 0.1) is 5.92 Å². The van der Waals surface area contributed by atoms with Crippen molar-refractivity contribution in [3.8, 4) is 0 Å². The van der Waals surface area contributed by atoms with Gasteiger partial charge in [-0.05, 0) is 51.1 Å². The molecule has 18 heavy (non-hydrogen) atoms. The van der Waals surface area contributed by atoms with Gasteiger partial charge in [-0.3, -0.25) is 4.90 Å². The predicted molar refractivity (Wildman–Crippen MR) is 75.6 cm³/mol. The maximum Gasteiger partial charge on any atom is 0.0358 e. The van der Waals surface area contributed by atoms with Crippen LogP contribution in [0.5, 0.6) is 0 Å². The first-order valence-electron chi connectivity index (χ1n) is 7.96. The molecule has 104 valence electrons. The van der Waals surface area contributed by atoms with Crippen LogP contribution in [0.2, 0.25) is 0 Å². The van der Waals surface area contributed by atoms with Gasteiger partial charge in [0.2, 0.25) is 0 Å². The Kier molecular flexibility index (Phi) is 3.65. The zero-order valence-electron chi connectivity index (χ0n) is 11.9. The van der Waals surface area contributed by atoms with Gasteiger partial charge in [-0.15, -0.1) is 0 Å². The summed E-state index contributed by atoms with van der Waals surface area (Å²) in [4.78, 5) is 5.47. The molecule has 3 heterocycles. The highest BCUT2D eigenvalue weighted by Crippen LogP contribution is 2.39.